The van der Waals surface area contributed by atoms with E-state index in [1.807, 2.05) is 24.3 Å². The van der Waals surface area contributed by atoms with Crippen LogP contribution in [-0.2, 0) is 28.9 Å². The molecule has 1 aromatic carbocycles. The predicted octanol–water partition coefficient (Wildman–Crippen LogP) is 4.47. The van der Waals surface area contributed by atoms with Crippen LogP contribution in [0, 0.1) is 17.2 Å². The van der Waals surface area contributed by atoms with E-state index in [9.17, 15) is 10.1 Å². The molecule has 2 heterocycles. The number of anilines is 1. The van der Waals surface area contributed by atoms with E-state index in [-0.39, 0.29) is 11.7 Å². The largest absolute Gasteiger partial charge is 0.383 e. The van der Waals surface area contributed by atoms with Crippen LogP contribution in [0.2, 0.25) is 0 Å². The van der Waals surface area contributed by atoms with Crippen LogP contribution in [0.25, 0.3) is 11.0 Å². The van der Waals surface area contributed by atoms with Gasteiger partial charge in [0, 0.05) is 18.5 Å². The number of carbonyl (C=O) groups excluding carboxylic acids is 1. The van der Waals surface area contributed by atoms with Crippen molar-refractivity contribution < 1.29 is 9.53 Å². The number of benzene rings is 1. The molecule has 0 bridgehead atoms. The number of ether oxygens (including phenoxy) is 1. The van der Waals surface area contributed by atoms with Gasteiger partial charge in [-0.1, -0.05) is 30.8 Å². The number of thioether (sulfide) groups is 1. The minimum Gasteiger partial charge on any atom is -0.383 e. The number of fused-ring (bicyclic) bond motifs is 2. The van der Waals surface area contributed by atoms with Crippen LogP contribution in [0.1, 0.15) is 29.3 Å². The van der Waals surface area contributed by atoms with Crippen LogP contribution in [0.4, 0.5) is 5.00 Å². The van der Waals surface area contributed by atoms with Crippen LogP contribution >= 0.6 is 23.1 Å². The molecule has 2 aromatic heterocycles. The second-order valence-electron chi connectivity index (χ2n) is 7.53. The van der Waals surface area contributed by atoms with E-state index in [4.69, 9.17) is 4.74 Å². The second kappa shape index (κ2) is 9.21. The highest BCUT2D eigenvalue weighted by molar-refractivity contribution is 7.99. The van der Waals surface area contributed by atoms with Gasteiger partial charge in [-0.15, -0.1) is 11.3 Å². The van der Waals surface area contributed by atoms with E-state index in [0.717, 1.165) is 41.0 Å². The number of carbonyl (C=O) groups is 1. The van der Waals surface area contributed by atoms with Gasteiger partial charge in [-0.2, -0.15) is 5.26 Å². The Hall–Kier alpha value is -2.34. The van der Waals surface area contributed by atoms with E-state index < -0.39 is 0 Å². The minimum atomic E-state index is -0.117. The van der Waals surface area contributed by atoms with Gasteiger partial charge in [0.1, 0.15) is 11.1 Å². The number of rotatable bonds is 7. The van der Waals surface area contributed by atoms with Crippen molar-refractivity contribution in [1.82, 2.24) is 9.55 Å². The van der Waals surface area contributed by atoms with Crippen molar-refractivity contribution in [2.75, 3.05) is 24.8 Å². The zero-order valence-corrected chi connectivity index (χ0v) is 18.7. The Labute approximate surface area is 184 Å². The summed E-state index contributed by atoms with van der Waals surface area (Å²) in [5, 5.41) is 14.1. The van der Waals surface area contributed by atoms with E-state index in [2.05, 4.69) is 27.9 Å². The van der Waals surface area contributed by atoms with Gasteiger partial charge in [0.25, 0.3) is 0 Å². The quantitative estimate of drug-likeness (QED) is 0.548. The maximum atomic E-state index is 12.7. The molecule has 0 unspecified atom stereocenters. The number of thiophene rings is 1. The SMILES string of the molecule is COCCn1c(SCC(=O)Nc2sc3c(c2C#N)CC[C@H](C)C3)nc2ccccc21. The summed E-state index contributed by atoms with van der Waals surface area (Å²) in [6.07, 6.45) is 3.01. The first-order chi connectivity index (χ1) is 14.6. The van der Waals surface area contributed by atoms with E-state index in [1.54, 1.807) is 18.4 Å². The number of para-hydroxylation sites is 2. The van der Waals surface area contributed by atoms with E-state index >= 15 is 0 Å². The summed E-state index contributed by atoms with van der Waals surface area (Å²) in [4.78, 5) is 18.6. The molecule has 3 aromatic rings. The summed E-state index contributed by atoms with van der Waals surface area (Å²) in [7, 11) is 1.67. The van der Waals surface area contributed by atoms with Gasteiger partial charge < -0.3 is 14.6 Å². The molecule has 0 saturated heterocycles. The van der Waals surface area contributed by atoms with Gasteiger partial charge in [0.15, 0.2) is 5.16 Å². The number of amides is 1. The van der Waals surface area contributed by atoms with Crippen LogP contribution in [0.3, 0.4) is 0 Å². The van der Waals surface area contributed by atoms with Crippen molar-refractivity contribution in [3.63, 3.8) is 0 Å². The van der Waals surface area contributed by atoms with Crippen LogP contribution in [0.5, 0.6) is 0 Å². The number of nitriles is 1. The summed E-state index contributed by atoms with van der Waals surface area (Å²) >= 11 is 2.96. The fourth-order valence-electron chi connectivity index (χ4n) is 3.81. The van der Waals surface area contributed by atoms with E-state index in [1.165, 1.54) is 16.6 Å². The molecular formula is C22H24N4O2S2. The van der Waals surface area contributed by atoms with Crippen LogP contribution in [-0.4, -0.2) is 34.9 Å². The molecule has 0 spiro atoms. The first-order valence-corrected chi connectivity index (χ1v) is 11.8. The van der Waals surface area contributed by atoms with E-state index in [0.29, 0.717) is 29.6 Å². The average Bonchev–Trinajstić information content (AvgIpc) is 3.27. The fourth-order valence-corrected chi connectivity index (χ4v) is 6.03. The molecule has 1 aliphatic rings. The smallest absolute Gasteiger partial charge is 0.235 e. The molecule has 30 heavy (non-hydrogen) atoms. The third kappa shape index (κ3) is 4.24. The Morgan fingerprint density at radius 3 is 3.10 bits per heavy atom. The average molecular weight is 441 g/mol. The molecule has 1 amide bonds. The third-order valence-corrected chi connectivity index (χ3v) is 7.49. The highest BCUT2D eigenvalue weighted by atomic mass is 32.2. The molecule has 6 nitrogen and oxygen atoms in total. The molecule has 1 N–H and O–H groups in total. The summed E-state index contributed by atoms with van der Waals surface area (Å²) in [6.45, 7) is 3.49. The Balaban J connectivity index is 1.48. The Morgan fingerprint density at radius 1 is 1.47 bits per heavy atom. The second-order valence-corrected chi connectivity index (χ2v) is 9.58. The van der Waals surface area contributed by atoms with Crippen molar-refractivity contribution in [3.8, 4) is 6.07 Å². The van der Waals surface area contributed by atoms with Gasteiger partial charge in [0.2, 0.25) is 5.91 Å². The van der Waals surface area contributed by atoms with Crippen molar-refractivity contribution in [1.29, 1.82) is 5.26 Å². The summed E-state index contributed by atoms with van der Waals surface area (Å²) in [5.41, 5.74) is 3.71. The zero-order valence-electron chi connectivity index (χ0n) is 17.1. The number of imidazole rings is 1. The first-order valence-electron chi connectivity index (χ1n) is 10.0. The Bertz CT molecular complexity index is 1110. The van der Waals surface area contributed by atoms with Gasteiger partial charge in [-0.25, -0.2) is 4.98 Å². The molecule has 1 atom stereocenters. The third-order valence-electron chi connectivity index (χ3n) is 5.35. The maximum absolute atomic E-state index is 12.7. The topological polar surface area (TPSA) is 79.9 Å². The molecule has 156 valence electrons. The minimum absolute atomic E-state index is 0.117. The van der Waals surface area contributed by atoms with Crippen LogP contribution < -0.4 is 5.32 Å². The molecule has 0 aliphatic heterocycles. The lowest BCUT2D eigenvalue weighted by Crippen LogP contribution is -2.15. The number of methoxy groups -OCH3 is 1. The molecule has 4 rings (SSSR count). The van der Waals surface area contributed by atoms with Crippen LogP contribution in [0.15, 0.2) is 29.4 Å². The summed E-state index contributed by atoms with van der Waals surface area (Å²) < 4.78 is 7.32. The first kappa shape index (κ1) is 20.9. The predicted molar refractivity (Wildman–Crippen MR) is 121 cm³/mol. The van der Waals surface area contributed by atoms with Crippen molar-refractivity contribution >= 4 is 45.0 Å². The molecule has 0 radical (unpaired) electrons. The van der Waals surface area contributed by atoms with Gasteiger partial charge in [-0.05, 0) is 42.9 Å². The Kier molecular flexibility index (Phi) is 6.42. The lowest BCUT2D eigenvalue weighted by atomic mass is 9.89. The number of aromatic nitrogens is 2. The number of hydrogen-bond acceptors (Lipinski definition) is 6. The lowest BCUT2D eigenvalue weighted by Gasteiger charge is -2.17. The van der Waals surface area contributed by atoms with Crippen molar-refractivity contribution in [3.05, 3.63) is 40.3 Å². The standard InChI is InChI=1S/C22H24N4O2S2/c1-14-7-8-15-16(12-23)21(30-19(15)11-14)25-20(27)13-29-22-24-17-5-3-4-6-18(17)26(22)9-10-28-2/h3-6,14H,7-11,13H2,1-2H3,(H,25,27)/t14-/m0/s1. The number of hydrogen-bond donors (Lipinski definition) is 1. The Morgan fingerprint density at radius 2 is 2.30 bits per heavy atom. The fraction of sp³-hybridized carbons (Fsp3) is 0.409. The summed E-state index contributed by atoms with van der Waals surface area (Å²) in [6, 6.07) is 10.2. The molecule has 0 saturated carbocycles. The molecule has 1 aliphatic carbocycles. The monoisotopic (exact) mass is 440 g/mol. The molecule has 8 heteroatoms. The van der Waals surface area contributed by atoms with Crippen molar-refractivity contribution in [2.45, 2.75) is 37.9 Å². The van der Waals surface area contributed by atoms with Crippen molar-refractivity contribution in [2.24, 2.45) is 5.92 Å². The number of nitrogens with zero attached hydrogens (tertiary/aromatic N) is 3. The number of nitrogens with one attached hydrogen (secondary N) is 1. The highest BCUT2D eigenvalue weighted by Crippen LogP contribution is 2.39. The summed E-state index contributed by atoms with van der Waals surface area (Å²) in [5.74, 6) is 0.746. The van der Waals surface area contributed by atoms with Gasteiger partial charge in [-0.3, -0.25) is 4.79 Å². The lowest BCUT2D eigenvalue weighted by molar-refractivity contribution is -0.113. The molecule has 0 fully saturated rings. The maximum Gasteiger partial charge on any atom is 0.235 e. The highest BCUT2D eigenvalue weighted by Gasteiger charge is 2.24. The van der Waals surface area contributed by atoms with Gasteiger partial charge >= 0.3 is 0 Å². The zero-order chi connectivity index (χ0) is 21.1. The normalized spacial score (nSPS) is 15.7. The van der Waals surface area contributed by atoms with Gasteiger partial charge in [0.05, 0.1) is 29.0 Å². The molecular weight excluding hydrogens is 416 g/mol.